The number of fused-ring (bicyclic) bond motifs is 2. The van der Waals surface area contributed by atoms with Crippen molar-refractivity contribution in [3.8, 4) is 5.69 Å². The number of imidazole rings is 1. The summed E-state index contributed by atoms with van der Waals surface area (Å²) in [5, 5.41) is 25.8. The SMILES string of the molecule is CC[C@H](Nc1ncnc2c1ncn2C1CCCCO1)c1nc2cccc(CNC(=O)c3cccc(B(O)O)c3)c2c(=O)n1-c1ccccc1. The van der Waals surface area contributed by atoms with Crippen LogP contribution in [0.3, 0.4) is 0 Å². The number of amides is 1. The zero-order chi connectivity index (χ0) is 33.9. The molecule has 0 spiro atoms. The first-order valence-electron chi connectivity index (χ1n) is 16.3. The fourth-order valence-corrected chi connectivity index (χ4v) is 6.27. The molecule has 14 heteroatoms. The number of aromatic nitrogens is 6. The number of para-hydroxylation sites is 1. The first-order valence-corrected chi connectivity index (χ1v) is 16.3. The van der Waals surface area contributed by atoms with Crippen LogP contribution in [0.1, 0.15) is 66.6 Å². The van der Waals surface area contributed by atoms with E-state index in [-0.39, 0.29) is 29.4 Å². The Morgan fingerprint density at radius 3 is 2.65 bits per heavy atom. The highest BCUT2D eigenvalue weighted by Gasteiger charge is 2.25. The van der Waals surface area contributed by atoms with Crippen molar-refractivity contribution in [3.05, 3.63) is 113 Å². The molecular weight excluding hydrogens is 623 g/mol. The molecule has 2 atom stereocenters. The van der Waals surface area contributed by atoms with Crippen LogP contribution in [-0.2, 0) is 11.3 Å². The zero-order valence-corrected chi connectivity index (χ0v) is 26.9. The molecule has 6 aromatic rings. The summed E-state index contributed by atoms with van der Waals surface area (Å²) in [4.78, 5) is 46.3. The van der Waals surface area contributed by atoms with Crippen molar-refractivity contribution in [1.29, 1.82) is 0 Å². The number of ether oxygens (including phenoxy) is 1. The van der Waals surface area contributed by atoms with E-state index in [2.05, 4.69) is 25.6 Å². The maximum absolute atomic E-state index is 14.5. The molecule has 0 radical (unpaired) electrons. The number of nitrogens with one attached hydrogen (secondary N) is 2. The molecule has 248 valence electrons. The number of carbonyl (C=O) groups excluding carboxylic acids is 1. The minimum Gasteiger partial charge on any atom is -0.423 e. The Labute approximate surface area is 281 Å². The van der Waals surface area contributed by atoms with Gasteiger partial charge < -0.3 is 25.4 Å². The van der Waals surface area contributed by atoms with Gasteiger partial charge in [0.1, 0.15) is 18.4 Å². The lowest BCUT2D eigenvalue weighted by atomic mass is 9.79. The Balaban J connectivity index is 1.26. The molecule has 4 heterocycles. The van der Waals surface area contributed by atoms with Crippen molar-refractivity contribution in [2.24, 2.45) is 0 Å². The van der Waals surface area contributed by atoms with E-state index in [9.17, 15) is 19.6 Å². The number of hydrogen-bond donors (Lipinski definition) is 4. The lowest BCUT2D eigenvalue weighted by Crippen LogP contribution is -2.32. The van der Waals surface area contributed by atoms with Crippen LogP contribution in [0.5, 0.6) is 0 Å². The average molecular weight is 659 g/mol. The van der Waals surface area contributed by atoms with E-state index in [0.29, 0.717) is 58.0 Å². The minimum atomic E-state index is -1.70. The molecule has 1 saturated heterocycles. The highest BCUT2D eigenvalue weighted by atomic mass is 16.5. The topological polar surface area (TPSA) is 169 Å². The summed E-state index contributed by atoms with van der Waals surface area (Å²) in [7, 11) is -1.70. The van der Waals surface area contributed by atoms with Gasteiger partial charge in [-0.05, 0) is 67.0 Å². The second-order valence-electron chi connectivity index (χ2n) is 11.9. The lowest BCUT2D eigenvalue weighted by Gasteiger charge is -2.24. The van der Waals surface area contributed by atoms with Gasteiger partial charge in [0, 0.05) is 18.7 Å². The molecule has 1 amide bonds. The highest BCUT2D eigenvalue weighted by molar-refractivity contribution is 6.58. The third kappa shape index (κ3) is 6.41. The van der Waals surface area contributed by atoms with Crippen molar-refractivity contribution in [3.63, 3.8) is 0 Å². The fourth-order valence-electron chi connectivity index (χ4n) is 6.27. The van der Waals surface area contributed by atoms with Gasteiger partial charge in [-0.2, -0.15) is 0 Å². The van der Waals surface area contributed by atoms with Crippen molar-refractivity contribution >= 4 is 46.4 Å². The predicted octanol–water partition coefficient (Wildman–Crippen LogP) is 3.40. The third-order valence-electron chi connectivity index (χ3n) is 8.77. The molecule has 0 aliphatic carbocycles. The molecule has 13 nitrogen and oxygen atoms in total. The number of hydrogen-bond acceptors (Lipinski definition) is 10. The van der Waals surface area contributed by atoms with E-state index in [4.69, 9.17) is 9.72 Å². The highest BCUT2D eigenvalue weighted by Crippen LogP contribution is 2.30. The van der Waals surface area contributed by atoms with Crippen LogP contribution in [0, 0.1) is 0 Å². The molecule has 0 saturated carbocycles. The summed E-state index contributed by atoms with van der Waals surface area (Å²) < 4.78 is 9.54. The number of benzene rings is 3. The molecule has 3 aromatic heterocycles. The Kier molecular flexibility index (Phi) is 9.16. The fraction of sp³-hybridized carbons (Fsp3) is 0.257. The molecule has 7 rings (SSSR count). The van der Waals surface area contributed by atoms with E-state index in [1.807, 2.05) is 41.8 Å². The minimum absolute atomic E-state index is 0.0505. The van der Waals surface area contributed by atoms with E-state index in [1.165, 1.54) is 18.5 Å². The maximum Gasteiger partial charge on any atom is 0.488 e. The van der Waals surface area contributed by atoms with Crippen LogP contribution < -0.4 is 21.7 Å². The van der Waals surface area contributed by atoms with Gasteiger partial charge in [-0.25, -0.2) is 19.9 Å². The second-order valence-corrected chi connectivity index (χ2v) is 11.9. The molecule has 1 aliphatic heterocycles. The van der Waals surface area contributed by atoms with Crippen molar-refractivity contribution < 1.29 is 19.6 Å². The predicted molar refractivity (Wildman–Crippen MR) is 186 cm³/mol. The Bertz CT molecular complexity index is 2180. The first-order chi connectivity index (χ1) is 23.9. The Morgan fingerprint density at radius 2 is 1.88 bits per heavy atom. The summed E-state index contributed by atoms with van der Waals surface area (Å²) >= 11 is 0. The number of rotatable bonds is 10. The molecule has 49 heavy (non-hydrogen) atoms. The zero-order valence-electron chi connectivity index (χ0n) is 26.9. The van der Waals surface area contributed by atoms with Gasteiger partial charge in [0.05, 0.1) is 29.0 Å². The van der Waals surface area contributed by atoms with Gasteiger partial charge in [-0.3, -0.25) is 18.7 Å². The van der Waals surface area contributed by atoms with E-state index < -0.39 is 19.1 Å². The molecule has 1 fully saturated rings. The number of nitrogens with zero attached hydrogens (tertiary/aromatic N) is 6. The summed E-state index contributed by atoms with van der Waals surface area (Å²) in [6.07, 6.45) is 6.66. The molecule has 3 aromatic carbocycles. The maximum atomic E-state index is 14.5. The summed E-state index contributed by atoms with van der Waals surface area (Å²) in [5.41, 5.74) is 3.16. The van der Waals surface area contributed by atoms with Crippen molar-refractivity contribution in [1.82, 2.24) is 34.4 Å². The quantitative estimate of drug-likeness (QED) is 0.160. The van der Waals surface area contributed by atoms with Gasteiger partial charge in [0.25, 0.3) is 11.5 Å². The molecule has 0 bridgehead atoms. The molecule has 4 N–H and O–H groups in total. The first kappa shape index (κ1) is 32.1. The standard InChI is InChI=1S/C35H35BN8O5/c1-2-26(41-31-30-33(39-20-38-31)43(21-40-30)28-16-6-7-17-49-28)32-42-27-15-9-11-23(29(27)35(46)44(32)25-13-4-3-5-14-25)19-37-34(45)22-10-8-12-24(18-22)36(47)48/h3-5,8-15,18,20-21,26,28,47-48H,2,6-7,16-17,19H2,1H3,(H,37,45)(H,38,39,41)/t26-,28?/m0/s1. The number of anilines is 1. The van der Waals surface area contributed by atoms with Crippen molar-refractivity contribution in [2.75, 3.05) is 11.9 Å². The average Bonchev–Trinajstić information content (AvgIpc) is 3.58. The summed E-state index contributed by atoms with van der Waals surface area (Å²) in [5.74, 6) is 0.597. The van der Waals surface area contributed by atoms with Crippen LogP contribution in [0.25, 0.3) is 27.8 Å². The Hall–Kier alpha value is -5.44. The summed E-state index contributed by atoms with van der Waals surface area (Å²) in [6, 6.07) is 20.3. The smallest absolute Gasteiger partial charge is 0.423 e. The largest absolute Gasteiger partial charge is 0.488 e. The van der Waals surface area contributed by atoms with Crippen LogP contribution in [0.4, 0.5) is 5.82 Å². The van der Waals surface area contributed by atoms with Crippen LogP contribution in [-0.4, -0.2) is 58.8 Å². The van der Waals surface area contributed by atoms with Crippen LogP contribution in [0.2, 0.25) is 0 Å². The second kappa shape index (κ2) is 14.0. The molecule has 1 aliphatic rings. The van der Waals surface area contributed by atoms with Gasteiger partial charge >= 0.3 is 7.12 Å². The third-order valence-corrected chi connectivity index (χ3v) is 8.77. The van der Waals surface area contributed by atoms with Gasteiger partial charge in [-0.15, -0.1) is 0 Å². The van der Waals surface area contributed by atoms with Gasteiger partial charge in [0.2, 0.25) is 0 Å². The molecule has 1 unspecified atom stereocenters. The lowest BCUT2D eigenvalue weighted by molar-refractivity contribution is -0.0298. The Morgan fingerprint density at radius 1 is 1.04 bits per heavy atom. The number of carbonyl (C=O) groups is 1. The van der Waals surface area contributed by atoms with E-state index >= 15 is 0 Å². The van der Waals surface area contributed by atoms with Gasteiger partial charge in [0.15, 0.2) is 17.0 Å². The van der Waals surface area contributed by atoms with E-state index in [1.54, 1.807) is 41.2 Å². The van der Waals surface area contributed by atoms with Crippen LogP contribution in [0.15, 0.2) is 90.2 Å². The monoisotopic (exact) mass is 658 g/mol. The van der Waals surface area contributed by atoms with Crippen LogP contribution >= 0.6 is 0 Å². The normalized spacial score (nSPS) is 15.3. The van der Waals surface area contributed by atoms with E-state index in [0.717, 1.165) is 19.3 Å². The molecular formula is C35H35BN8O5. The van der Waals surface area contributed by atoms with Gasteiger partial charge in [-0.1, -0.05) is 49.4 Å². The summed E-state index contributed by atoms with van der Waals surface area (Å²) in [6.45, 7) is 2.75. The van der Waals surface area contributed by atoms with Crippen molar-refractivity contribution in [2.45, 2.75) is 51.4 Å².